The normalized spacial score (nSPS) is 16.4. The largest absolute Gasteiger partial charge is 0.382 e. The van der Waals surface area contributed by atoms with Gasteiger partial charge in [-0.15, -0.1) is 10.2 Å². The Bertz CT molecular complexity index is 402. The Morgan fingerprint density at radius 3 is 2.73 bits per heavy atom. The topological polar surface area (TPSA) is 101 Å². The van der Waals surface area contributed by atoms with Crippen molar-refractivity contribution in [3.05, 3.63) is 12.1 Å². The predicted octanol–water partition coefficient (Wildman–Crippen LogP) is -0.495. The van der Waals surface area contributed by atoms with E-state index in [1.807, 2.05) is 0 Å². The Morgan fingerprint density at radius 2 is 2.13 bits per heavy atom. The highest BCUT2D eigenvalue weighted by Crippen LogP contribution is 2.13. The van der Waals surface area contributed by atoms with E-state index in [9.17, 15) is 9.59 Å². The van der Waals surface area contributed by atoms with Gasteiger partial charge >= 0.3 is 6.03 Å². The van der Waals surface area contributed by atoms with Crippen LogP contribution in [0, 0.1) is 0 Å². The fourth-order valence-corrected chi connectivity index (χ4v) is 1.26. The minimum absolute atomic E-state index is 0.262. The first-order valence-corrected chi connectivity index (χ1v) is 4.37. The van der Waals surface area contributed by atoms with Crippen LogP contribution in [0.1, 0.15) is 6.42 Å². The molecule has 0 unspecified atom stereocenters. The molecule has 3 amide bonds. The maximum atomic E-state index is 11.4. The van der Waals surface area contributed by atoms with Crippen LogP contribution in [0.5, 0.6) is 0 Å². The zero-order chi connectivity index (χ0) is 10.8. The molecule has 0 saturated carbocycles. The van der Waals surface area contributed by atoms with Crippen molar-refractivity contribution in [1.29, 1.82) is 0 Å². The number of urea groups is 1. The van der Waals surface area contributed by atoms with Gasteiger partial charge < -0.3 is 5.73 Å². The number of anilines is 2. The average Bonchev–Trinajstić information content (AvgIpc) is 2.20. The fraction of sp³-hybridized carbons (Fsp3) is 0.250. The summed E-state index contributed by atoms with van der Waals surface area (Å²) in [5.41, 5.74) is 5.37. The van der Waals surface area contributed by atoms with E-state index < -0.39 is 6.03 Å². The SMILES string of the molecule is Nc1ccc(N2CCC(=O)NC2=O)nn1. The van der Waals surface area contributed by atoms with Gasteiger partial charge in [0.15, 0.2) is 5.82 Å². The van der Waals surface area contributed by atoms with Crippen molar-refractivity contribution < 1.29 is 9.59 Å². The van der Waals surface area contributed by atoms with E-state index in [-0.39, 0.29) is 18.1 Å². The van der Waals surface area contributed by atoms with Crippen molar-refractivity contribution in [2.75, 3.05) is 17.2 Å². The summed E-state index contributed by atoms with van der Waals surface area (Å²) >= 11 is 0. The van der Waals surface area contributed by atoms with E-state index >= 15 is 0 Å². The third kappa shape index (κ3) is 1.85. The number of nitrogen functional groups attached to an aromatic ring is 1. The van der Waals surface area contributed by atoms with E-state index in [1.54, 1.807) is 12.1 Å². The number of nitrogens with two attached hydrogens (primary N) is 1. The van der Waals surface area contributed by atoms with Gasteiger partial charge in [0.05, 0.1) is 0 Å². The van der Waals surface area contributed by atoms with Gasteiger partial charge in [0.25, 0.3) is 0 Å². The van der Waals surface area contributed by atoms with Gasteiger partial charge in [0.2, 0.25) is 5.91 Å². The van der Waals surface area contributed by atoms with Crippen LogP contribution in [0.2, 0.25) is 0 Å². The zero-order valence-corrected chi connectivity index (χ0v) is 7.80. The van der Waals surface area contributed by atoms with Crippen LogP contribution in [0.4, 0.5) is 16.4 Å². The van der Waals surface area contributed by atoms with Crippen LogP contribution in [-0.4, -0.2) is 28.7 Å². The summed E-state index contributed by atoms with van der Waals surface area (Å²) in [6.45, 7) is 0.309. The molecule has 15 heavy (non-hydrogen) atoms. The maximum absolute atomic E-state index is 11.4. The highest BCUT2D eigenvalue weighted by molar-refractivity contribution is 6.05. The summed E-state index contributed by atoms with van der Waals surface area (Å²) in [5.74, 6) is 0.390. The second-order valence-electron chi connectivity index (χ2n) is 3.07. The number of hydrogen-bond donors (Lipinski definition) is 2. The Balaban J connectivity index is 2.20. The molecular weight excluding hydrogens is 198 g/mol. The van der Waals surface area contributed by atoms with Gasteiger partial charge in [-0.05, 0) is 12.1 Å². The first-order valence-electron chi connectivity index (χ1n) is 4.37. The molecule has 2 rings (SSSR count). The van der Waals surface area contributed by atoms with Crippen molar-refractivity contribution in [2.45, 2.75) is 6.42 Å². The van der Waals surface area contributed by atoms with Crippen molar-refractivity contribution in [1.82, 2.24) is 15.5 Å². The summed E-state index contributed by atoms with van der Waals surface area (Å²) in [7, 11) is 0. The predicted molar refractivity (Wildman–Crippen MR) is 51.9 cm³/mol. The highest BCUT2D eigenvalue weighted by atomic mass is 16.2. The molecule has 0 atom stereocenters. The number of aromatic nitrogens is 2. The minimum Gasteiger partial charge on any atom is -0.382 e. The van der Waals surface area contributed by atoms with E-state index in [4.69, 9.17) is 5.73 Å². The number of rotatable bonds is 1. The number of nitrogens with one attached hydrogen (secondary N) is 1. The van der Waals surface area contributed by atoms with E-state index in [1.165, 1.54) is 4.90 Å². The molecule has 0 bridgehead atoms. The molecule has 1 aromatic rings. The molecule has 7 heteroatoms. The third-order valence-electron chi connectivity index (χ3n) is 2.00. The lowest BCUT2D eigenvalue weighted by Crippen LogP contribution is -2.49. The van der Waals surface area contributed by atoms with Gasteiger partial charge in [0, 0.05) is 13.0 Å². The molecule has 7 nitrogen and oxygen atoms in total. The molecule has 1 aliphatic heterocycles. The van der Waals surface area contributed by atoms with Gasteiger partial charge in [-0.25, -0.2) is 4.79 Å². The zero-order valence-electron chi connectivity index (χ0n) is 7.80. The van der Waals surface area contributed by atoms with Crippen LogP contribution >= 0.6 is 0 Å². The summed E-state index contributed by atoms with van der Waals surface area (Å²) < 4.78 is 0. The average molecular weight is 207 g/mol. The van der Waals surface area contributed by atoms with Gasteiger partial charge in [0.1, 0.15) is 5.82 Å². The number of nitrogens with zero attached hydrogens (tertiary/aromatic N) is 3. The minimum atomic E-state index is -0.481. The summed E-state index contributed by atoms with van der Waals surface area (Å²) in [6, 6.07) is 2.65. The Morgan fingerprint density at radius 1 is 1.33 bits per heavy atom. The van der Waals surface area contributed by atoms with Crippen molar-refractivity contribution in [2.24, 2.45) is 0 Å². The molecule has 1 saturated heterocycles. The second kappa shape index (κ2) is 3.52. The number of amides is 3. The Kier molecular flexibility index (Phi) is 2.20. The number of carbonyl (C=O) groups excluding carboxylic acids is 2. The molecule has 1 aromatic heterocycles. The highest BCUT2D eigenvalue weighted by Gasteiger charge is 2.25. The summed E-state index contributed by atoms with van der Waals surface area (Å²) in [4.78, 5) is 23.6. The summed E-state index contributed by atoms with van der Waals surface area (Å²) in [6.07, 6.45) is 0.262. The fourth-order valence-electron chi connectivity index (χ4n) is 1.26. The lowest BCUT2D eigenvalue weighted by molar-refractivity contribution is -0.120. The molecule has 3 N–H and O–H groups in total. The molecule has 1 fully saturated rings. The van der Waals surface area contributed by atoms with Crippen LogP contribution in [0.3, 0.4) is 0 Å². The van der Waals surface area contributed by atoms with Crippen LogP contribution in [0.15, 0.2) is 12.1 Å². The number of imide groups is 1. The van der Waals surface area contributed by atoms with Gasteiger partial charge in [-0.2, -0.15) is 0 Å². The molecule has 1 aliphatic rings. The second-order valence-corrected chi connectivity index (χ2v) is 3.07. The van der Waals surface area contributed by atoms with Gasteiger partial charge in [-0.1, -0.05) is 0 Å². The monoisotopic (exact) mass is 207 g/mol. The molecule has 0 aromatic carbocycles. The van der Waals surface area contributed by atoms with Crippen LogP contribution < -0.4 is 16.0 Å². The molecule has 0 spiro atoms. The third-order valence-corrected chi connectivity index (χ3v) is 2.00. The maximum Gasteiger partial charge on any atom is 0.329 e. The standard InChI is InChI=1S/C8H9N5O2/c9-5-1-2-6(12-11-5)13-4-3-7(14)10-8(13)15/h1-2H,3-4H2,(H2,9,11)(H,10,14,15). The first-order chi connectivity index (χ1) is 7.16. The lowest BCUT2D eigenvalue weighted by Gasteiger charge is -2.24. The Hall–Kier alpha value is -2.18. The van der Waals surface area contributed by atoms with E-state index in [2.05, 4.69) is 15.5 Å². The summed E-state index contributed by atoms with van der Waals surface area (Å²) in [5, 5.41) is 9.58. The van der Waals surface area contributed by atoms with E-state index in [0.29, 0.717) is 12.4 Å². The van der Waals surface area contributed by atoms with Crippen molar-refractivity contribution in [3.63, 3.8) is 0 Å². The molecule has 0 radical (unpaired) electrons. The molecule has 2 heterocycles. The first kappa shape index (κ1) is 9.38. The quantitative estimate of drug-likeness (QED) is 0.646. The van der Waals surface area contributed by atoms with Crippen LogP contribution in [0.25, 0.3) is 0 Å². The molecule has 0 aliphatic carbocycles. The number of hydrogen-bond acceptors (Lipinski definition) is 5. The number of carbonyl (C=O) groups is 2. The van der Waals surface area contributed by atoms with E-state index in [0.717, 1.165) is 0 Å². The molecular formula is C8H9N5O2. The van der Waals surface area contributed by atoms with Gasteiger partial charge in [-0.3, -0.25) is 15.0 Å². The van der Waals surface area contributed by atoms with Crippen molar-refractivity contribution in [3.8, 4) is 0 Å². The smallest absolute Gasteiger partial charge is 0.329 e. The van der Waals surface area contributed by atoms with Crippen molar-refractivity contribution >= 4 is 23.6 Å². The Labute approximate surface area is 85.3 Å². The lowest BCUT2D eigenvalue weighted by atomic mass is 10.3. The van der Waals surface area contributed by atoms with Crippen LogP contribution in [-0.2, 0) is 4.79 Å². The molecule has 78 valence electrons.